The van der Waals surface area contributed by atoms with Gasteiger partial charge in [-0.3, -0.25) is 9.00 Å². The van der Waals surface area contributed by atoms with E-state index >= 15 is 0 Å². The van der Waals surface area contributed by atoms with Crippen LogP contribution in [0.1, 0.15) is 10.4 Å². The van der Waals surface area contributed by atoms with Gasteiger partial charge in [-0.15, -0.1) is 0 Å². The largest absolute Gasteiger partial charge is 0.366 e. The number of fused-ring (bicyclic) bond motifs is 1. The van der Waals surface area contributed by atoms with E-state index in [1.807, 2.05) is 17.8 Å². The van der Waals surface area contributed by atoms with Gasteiger partial charge in [0.25, 0.3) is 0 Å². The number of nitrogens with two attached hydrogens (primary N) is 1. The molecule has 1 amide bonds. The highest BCUT2D eigenvalue weighted by Gasteiger charge is 2.11. The van der Waals surface area contributed by atoms with Crippen LogP contribution in [0.15, 0.2) is 29.3 Å². The predicted octanol–water partition coefficient (Wildman–Crippen LogP) is 1.01. The highest BCUT2D eigenvalue weighted by Crippen LogP contribution is 2.24. The topological polar surface area (TPSA) is 65.1 Å². The van der Waals surface area contributed by atoms with Gasteiger partial charge < -0.3 is 10.3 Å². The van der Waals surface area contributed by atoms with Crippen LogP contribution in [-0.2, 0) is 17.8 Å². The Hall–Kier alpha value is -1.62. The Morgan fingerprint density at radius 3 is 2.69 bits per heavy atom. The third-order valence-corrected chi connectivity index (χ3v) is 3.49. The van der Waals surface area contributed by atoms with E-state index in [2.05, 4.69) is 0 Å². The maximum Gasteiger partial charge on any atom is 0.248 e. The maximum absolute atomic E-state index is 11.5. The van der Waals surface area contributed by atoms with E-state index in [4.69, 9.17) is 5.73 Å². The van der Waals surface area contributed by atoms with E-state index in [-0.39, 0.29) is 0 Å². The summed E-state index contributed by atoms with van der Waals surface area (Å²) in [6, 6.07) is 5.15. The lowest BCUT2D eigenvalue weighted by molar-refractivity contribution is 0.100. The first-order chi connectivity index (χ1) is 7.50. The minimum absolute atomic E-state index is 0.456. The van der Waals surface area contributed by atoms with Gasteiger partial charge in [-0.1, -0.05) is 6.07 Å². The van der Waals surface area contributed by atoms with Crippen molar-refractivity contribution in [2.24, 2.45) is 12.8 Å². The third kappa shape index (κ3) is 1.63. The summed E-state index contributed by atoms with van der Waals surface area (Å²) in [5.41, 5.74) is 6.54. The fraction of sp³-hybridized carbons (Fsp3) is 0.182. The van der Waals surface area contributed by atoms with Gasteiger partial charge in [0.2, 0.25) is 5.91 Å². The molecule has 2 rings (SSSR count). The first-order valence-corrected chi connectivity index (χ1v) is 6.29. The van der Waals surface area contributed by atoms with Crippen molar-refractivity contribution in [2.45, 2.75) is 4.90 Å². The number of primary amides is 1. The van der Waals surface area contributed by atoms with Crippen molar-refractivity contribution in [1.82, 2.24) is 4.57 Å². The maximum atomic E-state index is 11.5. The summed E-state index contributed by atoms with van der Waals surface area (Å²) >= 11 is 0. The first-order valence-electron chi connectivity index (χ1n) is 4.73. The lowest BCUT2D eigenvalue weighted by Crippen LogP contribution is -2.10. The summed E-state index contributed by atoms with van der Waals surface area (Å²) < 4.78 is 13.3. The number of hydrogen-bond acceptors (Lipinski definition) is 2. The number of hydrogen-bond donors (Lipinski definition) is 1. The predicted molar refractivity (Wildman–Crippen MR) is 63.8 cm³/mol. The minimum Gasteiger partial charge on any atom is -0.366 e. The van der Waals surface area contributed by atoms with E-state index in [1.54, 1.807) is 24.5 Å². The number of aromatic nitrogens is 1. The molecular formula is C11H12N2O2S. The van der Waals surface area contributed by atoms with Gasteiger partial charge in [-0.05, 0) is 12.1 Å². The summed E-state index contributed by atoms with van der Waals surface area (Å²) in [7, 11) is 0.814. The zero-order valence-corrected chi connectivity index (χ0v) is 9.88. The van der Waals surface area contributed by atoms with Crippen LogP contribution < -0.4 is 5.73 Å². The molecule has 0 aliphatic rings. The van der Waals surface area contributed by atoms with Gasteiger partial charge in [-0.25, -0.2) is 0 Å². The van der Waals surface area contributed by atoms with E-state index in [1.165, 1.54) is 0 Å². The Kier molecular flexibility index (Phi) is 2.55. The zero-order valence-electron chi connectivity index (χ0n) is 9.06. The summed E-state index contributed by atoms with van der Waals surface area (Å²) in [5.74, 6) is -0.456. The third-order valence-electron chi connectivity index (χ3n) is 2.55. The second-order valence-electron chi connectivity index (χ2n) is 3.65. The molecule has 1 aromatic carbocycles. The smallest absolute Gasteiger partial charge is 0.248 e. The molecule has 0 bridgehead atoms. The SMILES string of the molecule is Cn1cc(S(C)=O)c2ccc(C(N)=O)cc21. The van der Waals surface area contributed by atoms with Crippen LogP contribution in [0.25, 0.3) is 10.9 Å². The number of aryl methyl sites for hydroxylation is 1. The molecule has 0 aliphatic heterocycles. The van der Waals surface area contributed by atoms with Gasteiger partial charge >= 0.3 is 0 Å². The van der Waals surface area contributed by atoms with Crippen LogP contribution >= 0.6 is 0 Å². The second kappa shape index (κ2) is 3.75. The average molecular weight is 236 g/mol. The van der Waals surface area contributed by atoms with Crippen molar-refractivity contribution < 1.29 is 9.00 Å². The molecule has 5 heteroatoms. The van der Waals surface area contributed by atoms with Crippen molar-refractivity contribution in [2.75, 3.05) is 6.26 Å². The molecule has 0 fully saturated rings. The van der Waals surface area contributed by atoms with Crippen LogP contribution in [-0.4, -0.2) is 20.9 Å². The normalized spacial score (nSPS) is 12.9. The quantitative estimate of drug-likeness (QED) is 0.845. The molecule has 4 nitrogen and oxygen atoms in total. The average Bonchev–Trinajstić information content (AvgIpc) is 2.56. The number of rotatable bonds is 2. The van der Waals surface area contributed by atoms with E-state index in [0.29, 0.717) is 5.56 Å². The molecule has 1 unspecified atom stereocenters. The highest BCUT2D eigenvalue weighted by atomic mass is 32.2. The fourth-order valence-corrected chi connectivity index (χ4v) is 2.52. The number of amides is 1. The Morgan fingerprint density at radius 1 is 1.44 bits per heavy atom. The van der Waals surface area contributed by atoms with Gasteiger partial charge in [0, 0.05) is 36.0 Å². The van der Waals surface area contributed by atoms with Gasteiger partial charge in [0.1, 0.15) is 0 Å². The van der Waals surface area contributed by atoms with E-state index in [9.17, 15) is 9.00 Å². The Morgan fingerprint density at radius 2 is 2.12 bits per heavy atom. The fourth-order valence-electron chi connectivity index (χ4n) is 1.73. The standard InChI is InChI=1S/C11H12N2O2S/c1-13-6-10(16(2)15)8-4-3-7(11(12)14)5-9(8)13/h3-6H,1-2H3,(H2,12,14). The van der Waals surface area contributed by atoms with Crippen LogP contribution in [0.2, 0.25) is 0 Å². The van der Waals surface area contributed by atoms with Gasteiger partial charge in [-0.2, -0.15) is 0 Å². The zero-order chi connectivity index (χ0) is 11.9. The highest BCUT2D eigenvalue weighted by molar-refractivity contribution is 7.84. The van der Waals surface area contributed by atoms with Crippen LogP contribution in [0.3, 0.4) is 0 Å². The summed E-state index contributed by atoms with van der Waals surface area (Å²) in [4.78, 5) is 11.8. The molecule has 0 saturated heterocycles. The molecule has 1 heterocycles. The molecule has 0 spiro atoms. The molecule has 16 heavy (non-hydrogen) atoms. The van der Waals surface area contributed by atoms with Gasteiger partial charge in [0.05, 0.1) is 15.7 Å². The Balaban J connectivity index is 2.76. The van der Waals surface area contributed by atoms with Crippen molar-refractivity contribution in [1.29, 1.82) is 0 Å². The summed E-state index contributed by atoms with van der Waals surface area (Å²) in [6.45, 7) is 0. The van der Waals surface area contributed by atoms with Crippen molar-refractivity contribution in [3.8, 4) is 0 Å². The van der Waals surface area contributed by atoms with Gasteiger partial charge in [0.15, 0.2) is 0 Å². The Labute approximate surface area is 95.5 Å². The van der Waals surface area contributed by atoms with E-state index in [0.717, 1.165) is 15.8 Å². The molecular weight excluding hydrogens is 224 g/mol. The lowest BCUT2D eigenvalue weighted by Gasteiger charge is -1.99. The Bertz CT molecular complexity index is 601. The van der Waals surface area contributed by atoms with Crippen molar-refractivity contribution in [3.05, 3.63) is 30.0 Å². The number of carbonyl (C=O) groups excluding carboxylic acids is 1. The molecule has 1 aromatic heterocycles. The number of benzene rings is 1. The second-order valence-corrected chi connectivity index (χ2v) is 5.00. The molecule has 84 valence electrons. The molecule has 0 radical (unpaired) electrons. The van der Waals surface area contributed by atoms with Crippen molar-refractivity contribution >= 4 is 27.6 Å². The summed E-state index contributed by atoms with van der Waals surface area (Å²) in [6.07, 6.45) is 3.45. The minimum atomic E-state index is -1.04. The monoisotopic (exact) mass is 236 g/mol. The first kappa shape index (κ1) is 10.9. The molecule has 0 saturated carbocycles. The summed E-state index contributed by atoms with van der Waals surface area (Å²) in [5, 5.41) is 0.897. The molecule has 0 aliphatic carbocycles. The van der Waals surface area contributed by atoms with Crippen LogP contribution in [0.5, 0.6) is 0 Å². The van der Waals surface area contributed by atoms with E-state index < -0.39 is 16.7 Å². The van der Waals surface area contributed by atoms with Crippen LogP contribution in [0, 0.1) is 0 Å². The molecule has 1 atom stereocenters. The van der Waals surface area contributed by atoms with Crippen LogP contribution in [0.4, 0.5) is 0 Å². The molecule has 2 N–H and O–H groups in total. The number of carbonyl (C=O) groups is 1. The lowest BCUT2D eigenvalue weighted by atomic mass is 10.1. The number of nitrogens with zero attached hydrogens (tertiary/aromatic N) is 1. The molecule has 2 aromatic rings. The van der Waals surface area contributed by atoms with Crippen molar-refractivity contribution in [3.63, 3.8) is 0 Å².